The van der Waals surface area contributed by atoms with Gasteiger partial charge < -0.3 is 19.8 Å². The molecule has 1 aromatic carbocycles. The van der Waals surface area contributed by atoms with Crippen LogP contribution in [0.2, 0.25) is 0 Å². The van der Waals surface area contributed by atoms with Gasteiger partial charge in [-0.3, -0.25) is 4.79 Å². The third kappa shape index (κ3) is 4.12. The van der Waals surface area contributed by atoms with Crippen molar-refractivity contribution in [3.63, 3.8) is 0 Å². The van der Waals surface area contributed by atoms with Gasteiger partial charge in [0.05, 0.1) is 18.6 Å². The molecule has 2 unspecified atom stereocenters. The van der Waals surface area contributed by atoms with Gasteiger partial charge in [0.15, 0.2) is 0 Å². The minimum atomic E-state index is -0.246. The highest BCUT2D eigenvalue weighted by Crippen LogP contribution is 2.28. The zero-order valence-electron chi connectivity index (χ0n) is 14.1. The number of nitrogens with zero attached hydrogens (tertiary/aromatic N) is 1. The molecular weight excluding hydrogens is 292 g/mol. The molecule has 5 nitrogen and oxygen atoms in total. The van der Waals surface area contributed by atoms with Gasteiger partial charge in [-0.15, -0.1) is 0 Å². The van der Waals surface area contributed by atoms with Crippen LogP contribution < -0.4 is 5.73 Å². The van der Waals surface area contributed by atoms with E-state index >= 15 is 0 Å². The van der Waals surface area contributed by atoms with Gasteiger partial charge in [-0.1, -0.05) is 25.1 Å². The number of furan rings is 1. The summed E-state index contributed by atoms with van der Waals surface area (Å²) in [5, 5.41) is 1.05. The fourth-order valence-corrected chi connectivity index (χ4v) is 2.71. The van der Waals surface area contributed by atoms with Crippen molar-refractivity contribution in [1.29, 1.82) is 0 Å². The Kier molecular flexibility index (Phi) is 6.19. The maximum atomic E-state index is 12.6. The molecule has 0 aliphatic rings. The van der Waals surface area contributed by atoms with Crippen molar-refractivity contribution in [2.75, 3.05) is 20.2 Å². The lowest BCUT2D eigenvalue weighted by Crippen LogP contribution is -2.38. The summed E-state index contributed by atoms with van der Waals surface area (Å²) in [4.78, 5) is 14.5. The first-order chi connectivity index (χ1) is 11.1. The summed E-state index contributed by atoms with van der Waals surface area (Å²) in [7, 11) is 1.58. The van der Waals surface area contributed by atoms with Gasteiger partial charge in [0.1, 0.15) is 11.3 Å². The highest BCUT2D eigenvalue weighted by molar-refractivity contribution is 5.79. The number of nitrogens with two attached hydrogens (primary N) is 1. The van der Waals surface area contributed by atoms with Crippen molar-refractivity contribution in [1.82, 2.24) is 4.90 Å². The first-order valence-electron chi connectivity index (χ1n) is 8.11. The number of carbonyl (C=O) groups excluding carboxylic acids is 1. The molecule has 5 heteroatoms. The van der Waals surface area contributed by atoms with Crippen LogP contribution in [-0.2, 0) is 9.53 Å². The minimum Gasteiger partial charge on any atom is -0.459 e. The number of ether oxygens (including phenoxy) is 1. The van der Waals surface area contributed by atoms with E-state index < -0.39 is 0 Å². The van der Waals surface area contributed by atoms with Crippen LogP contribution in [0.15, 0.2) is 34.7 Å². The first-order valence-corrected chi connectivity index (χ1v) is 8.11. The smallest absolute Gasteiger partial charge is 0.225 e. The van der Waals surface area contributed by atoms with Gasteiger partial charge in [0, 0.05) is 25.6 Å². The highest BCUT2D eigenvalue weighted by atomic mass is 16.5. The van der Waals surface area contributed by atoms with Crippen LogP contribution in [0, 0.1) is 0 Å². The summed E-state index contributed by atoms with van der Waals surface area (Å²) in [5.41, 5.74) is 6.47. The summed E-state index contributed by atoms with van der Waals surface area (Å²) in [6.45, 7) is 5.07. The molecule has 2 rings (SSSR count). The van der Waals surface area contributed by atoms with Crippen molar-refractivity contribution in [2.24, 2.45) is 5.73 Å². The standard InChI is InChI=1S/C18H26N2O3/c1-4-9-20(18(21)11-15(12-19)22-3)13(2)17-10-14-7-5-6-8-16(14)23-17/h5-8,10,13,15H,4,9,11-12,19H2,1-3H3. The molecule has 2 aromatic rings. The number of amides is 1. The zero-order valence-corrected chi connectivity index (χ0v) is 14.1. The molecule has 0 saturated carbocycles. The predicted octanol–water partition coefficient (Wildman–Crippen LogP) is 3.10. The second-order valence-electron chi connectivity index (χ2n) is 5.75. The zero-order chi connectivity index (χ0) is 16.8. The van der Waals surface area contributed by atoms with E-state index in [1.807, 2.05) is 42.2 Å². The molecule has 0 bridgehead atoms. The van der Waals surface area contributed by atoms with Crippen LogP contribution >= 0.6 is 0 Å². The third-order valence-electron chi connectivity index (χ3n) is 4.11. The van der Waals surface area contributed by atoms with Crippen LogP contribution in [0.3, 0.4) is 0 Å². The van der Waals surface area contributed by atoms with E-state index in [2.05, 4.69) is 6.92 Å². The maximum absolute atomic E-state index is 12.6. The van der Waals surface area contributed by atoms with Gasteiger partial charge >= 0.3 is 0 Å². The molecule has 0 spiro atoms. The van der Waals surface area contributed by atoms with E-state index in [0.717, 1.165) is 23.2 Å². The number of methoxy groups -OCH3 is 1. The molecule has 0 aliphatic heterocycles. The predicted molar refractivity (Wildman–Crippen MR) is 91.1 cm³/mol. The quantitative estimate of drug-likeness (QED) is 0.812. The Morgan fingerprint density at radius 2 is 2.13 bits per heavy atom. The lowest BCUT2D eigenvalue weighted by molar-refractivity contribution is -0.136. The SMILES string of the molecule is CCCN(C(=O)CC(CN)OC)C(C)c1cc2ccccc2o1. The van der Waals surface area contributed by atoms with E-state index in [1.165, 1.54) is 0 Å². The monoisotopic (exact) mass is 318 g/mol. The molecule has 126 valence electrons. The Bertz CT molecular complexity index is 601. The molecule has 0 radical (unpaired) electrons. The number of hydrogen-bond donors (Lipinski definition) is 1. The van der Waals surface area contributed by atoms with Crippen LogP contribution in [-0.4, -0.2) is 37.1 Å². The molecule has 1 heterocycles. The molecular formula is C18H26N2O3. The number of benzene rings is 1. The van der Waals surface area contributed by atoms with Crippen molar-refractivity contribution in [2.45, 2.75) is 38.8 Å². The molecule has 0 saturated heterocycles. The van der Waals surface area contributed by atoms with Crippen LogP contribution in [0.25, 0.3) is 11.0 Å². The van der Waals surface area contributed by atoms with Gasteiger partial charge in [-0.2, -0.15) is 0 Å². The van der Waals surface area contributed by atoms with Crippen molar-refractivity contribution in [3.8, 4) is 0 Å². The number of rotatable bonds is 8. The van der Waals surface area contributed by atoms with Crippen molar-refractivity contribution in [3.05, 3.63) is 36.1 Å². The summed E-state index contributed by atoms with van der Waals surface area (Å²) in [5.74, 6) is 0.840. The molecule has 23 heavy (non-hydrogen) atoms. The summed E-state index contributed by atoms with van der Waals surface area (Å²) >= 11 is 0. The summed E-state index contributed by atoms with van der Waals surface area (Å²) in [6.07, 6.45) is 0.929. The van der Waals surface area contributed by atoms with Crippen LogP contribution in [0.4, 0.5) is 0 Å². The van der Waals surface area contributed by atoms with Gasteiger partial charge in [-0.25, -0.2) is 0 Å². The second-order valence-corrected chi connectivity index (χ2v) is 5.75. The molecule has 0 fully saturated rings. The molecule has 0 aliphatic carbocycles. The number of hydrogen-bond acceptors (Lipinski definition) is 4. The summed E-state index contributed by atoms with van der Waals surface area (Å²) in [6, 6.07) is 9.76. The fourth-order valence-electron chi connectivity index (χ4n) is 2.71. The first kappa shape index (κ1) is 17.5. The number of fused-ring (bicyclic) bond motifs is 1. The number of carbonyl (C=O) groups is 1. The molecule has 1 amide bonds. The molecule has 1 aromatic heterocycles. The molecule has 2 N–H and O–H groups in total. The largest absolute Gasteiger partial charge is 0.459 e. The van der Waals surface area contributed by atoms with Gasteiger partial charge in [-0.05, 0) is 25.5 Å². The number of para-hydroxylation sites is 1. The van der Waals surface area contributed by atoms with Gasteiger partial charge in [0.2, 0.25) is 5.91 Å². The van der Waals surface area contributed by atoms with E-state index in [-0.39, 0.29) is 24.5 Å². The Morgan fingerprint density at radius 3 is 2.74 bits per heavy atom. The highest BCUT2D eigenvalue weighted by Gasteiger charge is 2.25. The normalized spacial score (nSPS) is 13.9. The van der Waals surface area contributed by atoms with Gasteiger partial charge in [0.25, 0.3) is 0 Å². The van der Waals surface area contributed by atoms with E-state index in [4.69, 9.17) is 14.9 Å². The average Bonchev–Trinajstić information content (AvgIpc) is 3.00. The Morgan fingerprint density at radius 1 is 1.39 bits per heavy atom. The second kappa shape index (κ2) is 8.13. The van der Waals surface area contributed by atoms with E-state index in [9.17, 15) is 4.79 Å². The fraction of sp³-hybridized carbons (Fsp3) is 0.500. The van der Waals surface area contributed by atoms with E-state index in [0.29, 0.717) is 13.1 Å². The molecule has 2 atom stereocenters. The van der Waals surface area contributed by atoms with E-state index in [1.54, 1.807) is 7.11 Å². The van der Waals surface area contributed by atoms with Crippen LogP contribution in [0.1, 0.15) is 38.5 Å². The lowest BCUT2D eigenvalue weighted by Gasteiger charge is -2.29. The maximum Gasteiger partial charge on any atom is 0.225 e. The Balaban J connectivity index is 2.19. The average molecular weight is 318 g/mol. The van der Waals surface area contributed by atoms with Crippen LogP contribution in [0.5, 0.6) is 0 Å². The topological polar surface area (TPSA) is 68.7 Å². The lowest BCUT2D eigenvalue weighted by atomic mass is 10.1. The summed E-state index contributed by atoms with van der Waals surface area (Å²) < 4.78 is 11.2. The van der Waals surface area contributed by atoms with Crippen molar-refractivity contribution < 1.29 is 13.9 Å². The minimum absolute atomic E-state index is 0.0390. The van der Waals surface area contributed by atoms with Crippen molar-refractivity contribution >= 4 is 16.9 Å². The third-order valence-corrected chi connectivity index (χ3v) is 4.11. The Labute approximate surface area is 137 Å². The Hall–Kier alpha value is -1.85.